The van der Waals surface area contributed by atoms with E-state index in [4.69, 9.17) is 0 Å². The molecule has 0 aliphatic carbocycles. The third kappa shape index (κ3) is 4.85. The summed E-state index contributed by atoms with van der Waals surface area (Å²) in [5.41, 5.74) is 0.711. The third-order valence-corrected chi connectivity index (χ3v) is 4.62. The van der Waals surface area contributed by atoms with Gasteiger partial charge in [0, 0.05) is 18.7 Å². The molecular formula is C15H16N2O5S. The van der Waals surface area contributed by atoms with E-state index in [0.717, 1.165) is 29.8 Å². The molecule has 7 nitrogen and oxygen atoms in total. The summed E-state index contributed by atoms with van der Waals surface area (Å²) in [4.78, 5) is 9.87. The van der Waals surface area contributed by atoms with E-state index in [1.54, 1.807) is 0 Å². The van der Waals surface area contributed by atoms with Gasteiger partial charge in [0.2, 0.25) is 10.0 Å². The molecule has 2 aromatic rings. The summed E-state index contributed by atoms with van der Waals surface area (Å²) in [5.74, 6) is 0. The lowest BCUT2D eigenvalue weighted by molar-refractivity contribution is -0.384. The molecule has 0 radical (unpaired) electrons. The number of nitro groups is 1. The van der Waals surface area contributed by atoms with E-state index >= 15 is 0 Å². The Kier molecular flexibility index (Phi) is 5.43. The van der Waals surface area contributed by atoms with Crippen molar-refractivity contribution in [2.45, 2.75) is 17.4 Å². The van der Waals surface area contributed by atoms with Gasteiger partial charge in [-0.05, 0) is 24.1 Å². The van der Waals surface area contributed by atoms with Gasteiger partial charge in [-0.2, -0.15) is 0 Å². The number of non-ortho nitro benzene ring substituents is 1. The van der Waals surface area contributed by atoms with Gasteiger partial charge in [-0.3, -0.25) is 10.1 Å². The smallest absolute Gasteiger partial charge is 0.269 e. The number of aliphatic hydroxyl groups is 1. The highest BCUT2D eigenvalue weighted by atomic mass is 32.2. The molecule has 0 saturated carbocycles. The van der Waals surface area contributed by atoms with Crippen molar-refractivity contribution in [2.24, 2.45) is 0 Å². The van der Waals surface area contributed by atoms with Gasteiger partial charge in [0.1, 0.15) is 0 Å². The van der Waals surface area contributed by atoms with Crippen LogP contribution >= 0.6 is 0 Å². The number of hydrogen-bond acceptors (Lipinski definition) is 5. The van der Waals surface area contributed by atoms with Gasteiger partial charge in [0.25, 0.3) is 5.69 Å². The van der Waals surface area contributed by atoms with Crippen LogP contribution in [0.3, 0.4) is 0 Å². The molecule has 0 aliphatic rings. The van der Waals surface area contributed by atoms with E-state index in [2.05, 4.69) is 4.72 Å². The second-order valence-corrected chi connectivity index (χ2v) is 6.71. The van der Waals surface area contributed by atoms with Gasteiger partial charge in [-0.25, -0.2) is 13.1 Å². The molecular weight excluding hydrogens is 320 g/mol. The zero-order chi connectivity index (χ0) is 16.9. The average molecular weight is 336 g/mol. The Hall–Kier alpha value is -2.29. The van der Waals surface area contributed by atoms with Crippen LogP contribution in [-0.2, 0) is 16.4 Å². The van der Waals surface area contributed by atoms with Crippen LogP contribution in [0, 0.1) is 10.1 Å². The minimum atomic E-state index is -3.82. The predicted molar refractivity (Wildman–Crippen MR) is 84.4 cm³/mol. The fraction of sp³-hybridized carbons (Fsp3) is 0.200. The van der Waals surface area contributed by atoms with Crippen LogP contribution in [0.1, 0.15) is 5.56 Å². The zero-order valence-corrected chi connectivity index (χ0v) is 12.9. The number of sulfonamides is 1. The van der Waals surface area contributed by atoms with Gasteiger partial charge in [0.15, 0.2) is 0 Å². The quantitative estimate of drug-likeness (QED) is 0.588. The lowest BCUT2D eigenvalue weighted by Crippen LogP contribution is -2.33. The topological polar surface area (TPSA) is 110 Å². The van der Waals surface area contributed by atoms with E-state index in [1.165, 1.54) is 0 Å². The summed E-state index contributed by atoms with van der Waals surface area (Å²) in [5, 5.41) is 20.5. The van der Waals surface area contributed by atoms with Gasteiger partial charge in [-0.1, -0.05) is 30.3 Å². The van der Waals surface area contributed by atoms with Crippen LogP contribution in [0.15, 0.2) is 59.5 Å². The number of nitro benzene ring substituents is 1. The Balaban J connectivity index is 1.96. The Morgan fingerprint density at radius 2 is 1.70 bits per heavy atom. The minimum absolute atomic E-state index is 0.0880. The highest BCUT2D eigenvalue weighted by Gasteiger charge is 2.17. The van der Waals surface area contributed by atoms with Crippen molar-refractivity contribution in [3.05, 3.63) is 70.3 Å². The average Bonchev–Trinajstić information content (AvgIpc) is 2.54. The first-order chi connectivity index (χ1) is 10.9. The molecule has 2 aromatic carbocycles. The van der Waals surface area contributed by atoms with Gasteiger partial charge >= 0.3 is 0 Å². The largest absolute Gasteiger partial charge is 0.391 e. The summed E-state index contributed by atoms with van der Waals surface area (Å²) in [6.07, 6.45) is -0.547. The van der Waals surface area contributed by atoms with E-state index < -0.39 is 21.1 Å². The Morgan fingerprint density at radius 3 is 2.26 bits per heavy atom. The Morgan fingerprint density at radius 1 is 1.09 bits per heavy atom. The van der Waals surface area contributed by atoms with Crippen LogP contribution < -0.4 is 4.72 Å². The fourth-order valence-electron chi connectivity index (χ4n) is 1.99. The van der Waals surface area contributed by atoms with E-state index in [-0.39, 0.29) is 17.1 Å². The first-order valence-electron chi connectivity index (χ1n) is 6.84. The molecule has 0 bridgehead atoms. The summed E-state index contributed by atoms with van der Waals surface area (Å²) in [7, 11) is -3.82. The van der Waals surface area contributed by atoms with E-state index in [1.807, 2.05) is 30.3 Å². The number of nitrogens with zero attached hydrogens (tertiary/aromatic N) is 1. The number of hydrogen-bond donors (Lipinski definition) is 2. The highest BCUT2D eigenvalue weighted by Crippen LogP contribution is 2.15. The maximum Gasteiger partial charge on any atom is 0.269 e. The van der Waals surface area contributed by atoms with Crippen molar-refractivity contribution < 1.29 is 18.4 Å². The molecule has 0 aliphatic heterocycles. The molecule has 23 heavy (non-hydrogen) atoms. The highest BCUT2D eigenvalue weighted by molar-refractivity contribution is 7.89. The molecule has 0 heterocycles. The second kappa shape index (κ2) is 7.32. The van der Waals surface area contributed by atoms with Crippen molar-refractivity contribution >= 4 is 15.7 Å². The van der Waals surface area contributed by atoms with Crippen molar-refractivity contribution in [3.8, 4) is 0 Å². The third-order valence-electron chi connectivity index (χ3n) is 3.18. The molecule has 122 valence electrons. The lowest BCUT2D eigenvalue weighted by atomic mass is 10.1. The van der Waals surface area contributed by atoms with Crippen LogP contribution in [0.2, 0.25) is 0 Å². The number of aliphatic hydroxyl groups excluding tert-OH is 1. The maximum absolute atomic E-state index is 12.1. The van der Waals surface area contributed by atoms with Crippen LogP contribution in [0.5, 0.6) is 0 Å². The second-order valence-electron chi connectivity index (χ2n) is 4.95. The summed E-state index contributed by atoms with van der Waals surface area (Å²) < 4.78 is 26.5. The summed E-state index contributed by atoms with van der Waals surface area (Å²) >= 11 is 0. The standard InChI is InChI=1S/C15H16N2O5S/c18-14(10-12-4-2-1-3-5-12)11-16-23(21,22)15-8-6-13(7-9-15)17(19)20/h1-9,14,16,18H,10-11H2. The molecule has 0 aromatic heterocycles. The molecule has 1 unspecified atom stereocenters. The van der Waals surface area contributed by atoms with Crippen molar-refractivity contribution in [1.82, 2.24) is 4.72 Å². The lowest BCUT2D eigenvalue weighted by Gasteiger charge is -2.12. The Bertz CT molecular complexity index is 760. The maximum atomic E-state index is 12.1. The van der Waals surface area contributed by atoms with Gasteiger partial charge in [0.05, 0.1) is 15.9 Å². The normalized spacial score (nSPS) is 12.7. The molecule has 2 rings (SSSR count). The first kappa shape index (κ1) is 17.1. The number of rotatable bonds is 7. The van der Waals surface area contributed by atoms with Crippen LogP contribution in [0.25, 0.3) is 0 Å². The molecule has 0 amide bonds. The molecule has 8 heteroatoms. The number of benzene rings is 2. The fourth-order valence-corrected chi connectivity index (χ4v) is 3.07. The minimum Gasteiger partial charge on any atom is -0.391 e. The van der Waals surface area contributed by atoms with Crippen molar-refractivity contribution in [1.29, 1.82) is 0 Å². The molecule has 2 N–H and O–H groups in total. The SMILES string of the molecule is O=[N+]([O-])c1ccc(S(=O)(=O)NCC(O)Cc2ccccc2)cc1. The van der Waals surface area contributed by atoms with E-state index in [0.29, 0.717) is 6.42 Å². The number of nitrogens with one attached hydrogen (secondary N) is 1. The zero-order valence-electron chi connectivity index (χ0n) is 12.1. The van der Waals surface area contributed by atoms with Crippen LogP contribution in [-0.4, -0.2) is 31.1 Å². The van der Waals surface area contributed by atoms with Crippen LogP contribution in [0.4, 0.5) is 5.69 Å². The molecule has 0 fully saturated rings. The van der Waals surface area contributed by atoms with Crippen molar-refractivity contribution in [2.75, 3.05) is 6.54 Å². The molecule has 0 spiro atoms. The molecule has 0 saturated heterocycles. The first-order valence-corrected chi connectivity index (χ1v) is 8.33. The monoisotopic (exact) mass is 336 g/mol. The predicted octanol–water partition coefficient (Wildman–Crippen LogP) is 1.48. The Labute approximate surface area is 133 Å². The van der Waals surface area contributed by atoms with Gasteiger partial charge < -0.3 is 5.11 Å². The van der Waals surface area contributed by atoms with Crippen molar-refractivity contribution in [3.63, 3.8) is 0 Å². The summed E-state index contributed by atoms with van der Waals surface area (Å²) in [6.45, 7) is -0.145. The summed E-state index contributed by atoms with van der Waals surface area (Å²) in [6, 6.07) is 13.8. The van der Waals surface area contributed by atoms with Gasteiger partial charge in [-0.15, -0.1) is 0 Å². The van der Waals surface area contributed by atoms with E-state index in [9.17, 15) is 23.6 Å². The molecule has 1 atom stereocenters.